The topological polar surface area (TPSA) is 47.8 Å². The molecule has 0 aliphatic heterocycles. The molecule has 104 valence electrons. The van der Waals surface area contributed by atoms with Gasteiger partial charge in [-0.05, 0) is 5.41 Å². The van der Waals surface area contributed by atoms with Gasteiger partial charge in [0, 0.05) is 11.6 Å². The Morgan fingerprint density at radius 2 is 1.67 bits per heavy atom. The van der Waals surface area contributed by atoms with E-state index in [1.54, 1.807) is 12.4 Å². The van der Waals surface area contributed by atoms with Crippen LogP contribution < -0.4 is 0 Å². The van der Waals surface area contributed by atoms with E-state index in [0.717, 1.165) is 0 Å². The second-order valence-corrected chi connectivity index (χ2v) is 6.69. The molecule has 0 N–H and O–H groups in total. The monoisotopic (exact) mass is 253 g/mol. The third-order valence-corrected chi connectivity index (χ3v) is 2.67. The van der Waals surface area contributed by atoms with E-state index < -0.39 is 0 Å². The number of carbonyl (C=O) groups excluding carboxylic acids is 1. The smallest absolute Gasteiger partial charge is 0.159 e. The summed E-state index contributed by atoms with van der Waals surface area (Å²) < 4.78 is 1.54. The van der Waals surface area contributed by atoms with Crippen molar-refractivity contribution >= 4 is 5.78 Å². The fourth-order valence-electron chi connectivity index (χ4n) is 0.701. The van der Waals surface area contributed by atoms with E-state index in [0.29, 0.717) is 12.0 Å². The summed E-state index contributed by atoms with van der Waals surface area (Å²) in [6, 6.07) is 0. The Hall–Kier alpha value is -1.19. The van der Waals surface area contributed by atoms with Gasteiger partial charge in [-0.15, -0.1) is 5.10 Å². The molecule has 1 aromatic rings. The first-order valence-corrected chi connectivity index (χ1v) is 6.43. The number of aromatic nitrogens is 3. The third-order valence-electron chi connectivity index (χ3n) is 2.67. The molecule has 0 fully saturated rings. The minimum Gasteiger partial charge on any atom is -0.297 e. The molecule has 18 heavy (non-hydrogen) atoms. The molecule has 0 radical (unpaired) electrons. The lowest BCUT2D eigenvalue weighted by atomic mass is 9.91. The van der Waals surface area contributed by atoms with Gasteiger partial charge >= 0.3 is 0 Å². The van der Waals surface area contributed by atoms with Crippen molar-refractivity contribution in [3.8, 4) is 0 Å². The maximum absolute atomic E-state index is 11.4. The van der Waals surface area contributed by atoms with Crippen LogP contribution in [0.15, 0.2) is 12.4 Å². The van der Waals surface area contributed by atoms with Crippen LogP contribution in [0.25, 0.3) is 0 Å². The molecule has 1 aromatic heterocycles. The van der Waals surface area contributed by atoms with Crippen molar-refractivity contribution in [3.05, 3.63) is 12.4 Å². The Morgan fingerprint density at radius 1 is 1.17 bits per heavy atom. The van der Waals surface area contributed by atoms with Crippen LogP contribution in [-0.2, 0) is 11.3 Å². The molecule has 0 aliphatic carbocycles. The van der Waals surface area contributed by atoms with Gasteiger partial charge in [0.2, 0.25) is 0 Å². The summed E-state index contributed by atoms with van der Waals surface area (Å²) in [5, 5.41) is 7.33. The van der Waals surface area contributed by atoms with Gasteiger partial charge in [-0.2, -0.15) is 0 Å². The van der Waals surface area contributed by atoms with Crippen LogP contribution in [0, 0.1) is 10.8 Å². The maximum Gasteiger partial charge on any atom is 0.159 e. The number of hydrogen-bond donors (Lipinski definition) is 0. The van der Waals surface area contributed by atoms with Crippen LogP contribution in [0.1, 0.15) is 54.9 Å². The van der Waals surface area contributed by atoms with Crippen molar-refractivity contribution in [1.29, 1.82) is 0 Å². The largest absolute Gasteiger partial charge is 0.297 e. The third kappa shape index (κ3) is 7.98. The Kier molecular flexibility index (Phi) is 6.22. The number of nitrogens with zero attached hydrogens (tertiary/aromatic N) is 3. The molecule has 0 amide bonds. The van der Waals surface area contributed by atoms with Gasteiger partial charge in [0.15, 0.2) is 5.78 Å². The zero-order valence-electron chi connectivity index (χ0n) is 12.8. The predicted octanol–water partition coefficient (Wildman–Crippen LogP) is 3.34. The Labute approximate surface area is 111 Å². The first-order valence-electron chi connectivity index (χ1n) is 6.43. The number of carbonyl (C=O) groups is 1. The molecule has 0 spiro atoms. The van der Waals surface area contributed by atoms with E-state index in [9.17, 15) is 4.79 Å². The van der Waals surface area contributed by atoms with Gasteiger partial charge in [-0.25, -0.2) is 4.68 Å². The summed E-state index contributed by atoms with van der Waals surface area (Å²) in [6.45, 7) is 14.9. The molecule has 0 saturated heterocycles. The summed E-state index contributed by atoms with van der Waals surface area (Å²) in [5.74, 6) is 0.160. The highest BCUT2D eigenvalue weighted by Gasteiger charge is 2.21. The normalized spacial score (nSPS) is 11.7. The molecule has 0 atom stereocenters. The molecule has 0 bridgehead atoms. The van der Waals surface area contributed by atoms with Crippen molar-refractivity contribution in [3.63, 3.8) is 0 Å². The van der Waals surface area contributed by atoms with Crippen LogP contribution in [0.3, 0.4) is 0 Å². The molecule has 0 aliphatic rings. The molecule has 0 saturated carbocycles. The van der Waals surface area contributed by atoms with E-state index in [-0.39, 0.29) is 11.2 Å². The fourth-order valence-corrected chi connectivity index (χ4v) is 0.701. The average molecular weight is 253 g/mol. The van der Waals surface area contributed by atoms with Crippen molar-refractivity contribution in [2.75, 3.05) is 0 Å². The van der Waals surface area contributed by atoms with E-state index in [1.807, 2.05) is 20.8 Å². The van der Waals surface area contributed by atoms with Gasteiger partial charge in [-0.3, -0.25) is 4.79 Å². The van der Waals surface area contributed by atoms with Crippen molar-refractivity contribution in [1.82, 2.24) is 15.0 Å². The number of hydrogen-bond acceptors (Lipinski definition) is 3. The second kappa shape index (κ2) is 6.66. The second-order valence-electron chi connectivity index (χ2n) is 6.69. The van der Waals surface area contributed by atoms with E-state index in [1.165, 1.54) is 11.1 Å². The van der Waals surface area contributed by atoms with Crippen LogP contribution in [0.4, 0.5) is 0 Å². The van der Waals surface area contributed by atoms with Crippen molar-refractivity contribution < 1.29 is 4.79 Å². The highest BCUT2D eigenvalue weighted by Crippen LogP contribution is 2.16. The van der Waals surface area contributed by atoms with E-state index in [4.69, 9.17) is 0 Å². The summed E-state index contributed by atoms with van der Waals surface area (Å²) >= 11 is 0. The number of ketones is 1. The van der Waals surface area contributed by atoms with Crippen LogP contribution in [0.2, 0.25) is 0 Å². The lowest BCUT2D eigenvalue weighted by Gasteiger charge is -2.15. The zero-order chi connectivity index (χ0) is 14.4. The van der Waals surface area contributed by atoms with Crippen LogP contribution in [0.5, 0.6) is 0 Å². The lowest BCUT2D eigenvalue weighted by molar-refractivity contribution is -0.127. The standard InChI is InChI=1S/C8H13N3O.C6H14/c1-8(2,3)7(12)6-11-5-4-9-10-11;1-5-6(2,3)4/h4-5H,6H2,1-3H3;5H2,1-4H3. The van der Waals surface area contributed by atoms with Gasteiger partial charge in [-0.1, -0.05) is 60.1 Å². The molecule has 1 rings (SSSR count). The van der Waals surface area contributed by atoms with Gasteiger partial charge in [0.1, 0.15) is 6.54 Å². The summed E-state index contributed by atoms with van der Waals surface area (Å²) in [6.07, 6.45) is 4.52. The maximum atomic E-state index is 11.4. The Balaban J connectivity index is 0.000000411. The minimum atomic E-state index is -0.300. The zero-order valence-corrected chi connectivity index (χ0v) is 12.8. The molecular weight excluding hydrogens is 226 g/mol. The van der Waals surface area contributed by atoms with E-state index >= 15 is 0 Å². The van der Waals surface area contributed by atoms with Gasteiger partial charge in [0.05, 0.1) is 6.20 Å². The molecule has 4 nitrogen and oxygen atoms in total. The average Bonchev–Trinajstić information content (AvgIpc) is 2.69. The molecule has 0 unspecified atom stereocenters. The first-order chi connectivity index (χ1) is 8.06. The number of rotatable bonds is 2. The van der Waals surface area contributed by atoms with Crippen LogP contribution in [-0.4, -0.2) is 20.8 Å². The summed E-state index contributed by atoms with van der Waals surface area (Å²) in [4.78, 5) is 11.4. The molecule has 4 heteroatoms. The summed E-state index contributed by atoms with van der Waals surface area (Å²) in [5.41, 5.74) is 0.242. The molecule has 1 heterocycles. The molecular formula is C14H27N3O. The highest BCUT2D eigenvalue weighted by atomic mass is 16.1. The predicted molar refractivity (Wildman–Crippen MR) is 74.2 cm³/mol. The summed E-state index contributed by atoms with van der Waals surface area (Å²) in [7, 11) is 0. The lowest BCUT2D eigenvalue weighted by Crippen LogP contribution is -2.25. The van der Waals surface area contributed by atoms with Crippen molar-refractivity contribution in [2.45, 2.75) is 61.4 Å². The minimum absolute atomic E-state index is 0.160. The first kappa shape index (κ1) is 16.8. The number of Topliss-reactive ketones (excluding diaryl/α,β-unsaturated/α-hetero) is 1. The van der Waals surface area contributed by atoms with Gasteiger partial charge in [0.25, 0.3) is 0 Å². The highest BCUT2D eigenvalue weighted by molar-refractivity contribution is 5.83. The Bertz CT molecular complexity index is 342. The fraction of sp³-hybridized carbons (Fsp3) is 0.786. The SMILES string of the molecule is CC(C)(C)C(=O)Cn1ccnn1.CCC(C)(C)C. The Morgan fingerprint density at radius 3 is 1.94 bits per heavy atom. The van der Waals surface area contributed by atoms with Crippen LogP contribution >= 0.6 is 0 Å². The molecule has 0 aromatic carbocycles. The van der Waals surface area contributed by atoms with E-state index in [2.05, 4.69) is 38.0 Å². The van der Waals surface area contributed by atoms with Crippen molar-refractivity contribution in [2.24, 2.45) is 10.8 Å². The quantitative estimate of drug-likeness (QED) is 0.812. The van der Waals surface area contributed by atoms with Gasteiger partial charge < -0.3 is 0 Å².